The SMILES string of the molecule is CCCCCC(Oc1ccc(Cl)c(Cl)c1)(c1ccc(F)cc1)P(=O)(OC)OC. The summed E-state index contributed by atoms with van der Waals surface area (Å²) in [5, 5.41) is -0.810. The van der Waals surface area contributed by atoms with Crippen molar-refractivity contribution in [3.63, 3.8) is 0 Å². The van der Waals surface area contributed by atoms with Gasteiger partial charge in [-0.25, -0.2) is 4.39 Å². The lowest BCUT2D eigenvalue weighted by Crippen LogP contribution is -2.34. The second-order valence-corrected chi connectivity index (χ2v) is 9.55. The Morgan fingerprint density at radius 2 is 1.64 bits per heavy atom. The predicted octanol–water partition coefficient (Wildman–Crippen LogP) is 7.43. The van der Waals surface area contributed by atoms with Gasteiger partial charge in [0.15, 0.2) is 0 Å². The van der Waals surface area contributed by atoms with Crippen LogP contribution < -0.4 is 4.74 Å². The number of rotatable bonds is 10. The lowest BCUT2D eigenvalue weighted by molar-refractivity contribution is 0.0893. The smallest absolute Gasteiger partial charge is 0.377 e. The molecule has 4 nitrogen and oxygen atoms in total. The highest BCUT2D eigenvalue weighted by molar-refractivity contribution is 7.55. The first-order chi connectivity index (χ1) is 13.3. The van der Waals surface area contributed by atoms with Crippen LogP contribution in [0.3, 0.4) is 0 Å². The summed E-state index contributed by atoms with van der Waals surface area (Å²) in [5.74, 6) is -0.0602. The molecule has 8 heteroatoms. The zero-order valence-corrected chi connectivity index (χ0v) is 18.5. The fourth-order valence-electron chi connectivity index (χ4n) is 3.03. The van der Waals surface area contributed by atoms with E-state index in [9.17, 15) is 8.96 Å². The highest BCUT2D eigenvalue weighted by Crippen LogP contribution is 2.66. The van der Waals surface area contributed by atoms with Crippen LogP contribution in [-0.2, 0) is 19.0 Å². The van der Waals surface area contributed by atoms with Crippen LogP contribution in [0.4, 0.5) is 4.39 Å². The Hall–Kier alpha value is -1.10. The van der Waals surface area contributed by atoms with E-state index in [2.05, 4.69) is 6.92 Å². The Morgan fingerprint density at radius 3 is 2.18 bits per heavy atom. The van der Waals surface area contributed by atoms with Gasteiger partial charge in [-0.15, -0.1) is 0 Å². The molecule has 2 rings (SSSR count). The van der Waals surface area contributed by atoms with Crippen LogP contribution in [0.1, 0.15) is 38.2 Å². The van der Waals surface area contributed by atoms with E-state index in [0.29, 0.717) is 34.2 Å². The number of hydrogen-bond donors (Lipinski definition) is 0. The van der Waals surface area contributed by atoms with Crippen molar-refractivity contribution in [3.8, 4) is 5.75 Å². The monoisotopic (exact) mass is 448 g/mol. The minimum atomic E-state index is -3.81. The third-order valence-electron chi connectivity index (χ3n) is 4.52. The van der Waals surface area contributed by atoms with Gasteiger partial charge in [0.2, 0.25) is 5.34 Å². The third kappa shape index (κ3) is 4.90. The summed E-state index contributed by atoms with van der Waals surface area (Å²) in [6.07, 6.45) is 2.88. The summed E-state index contributed by atoms with van der Waals surface area (Å²) in [5.41, 5.74) is 0.489. The second-order valence-electron chi connectivity index (χ2n) is 6.29. The fraction of sp³-hybridized carbons (Fsp3) is 0.400. The van der Waals surface area contributed by atoms with Gasteiger partial charge in [0, 0.05) is 32.3 Å². The summed E-state index contributed by atoms with van der Waals surface area (Å²) in [7, 11) is -1.20. The first-order valence-corrected chi connectivity index (χ1v) is 11.2. The molecule has 1 unspecified atom stereocenters. The standard InChI is InChI=1S/C20H24Cl2FO4P/c1-4-5-6-13-20(28(24,25-2)26-3,15-7-9-16(23)10-8-15)27-17-11-12-18(21)19(22)14-17/h7-12,14H,4-6,13H2,1-3H3. The van der Waals surface area contributed by atoms with E-state index in [1.165, 1.54) is 44.6 Å². The lowest BCUT2D eigenvalue weighted by Gasteiger charge is -2.38. The van der Waals surface area contributed by atoms with Crippen molar-refractivity contribution in [1.82, 2.24) is 0 Å². The zero-order valence-electron chi connectivity index (χ0n) is 16.1. The van der Waals surface area contributed by atoms with E-state index in [1.807, 2.05) is 0 Å². The first kappa shape index (κ1) is 23.2. The summed E-state index contributed by atoms with van der Waals surface area (Å²) in [6, 6.07) is 10.4. The molecule has 0 aliphatic rings. The minimum absolute atomic E-state index is 0.297. The van der Waals surface area contributed by atoms with Gasteiger partial charge in [0.1, 0.15) is 11.6 Å². The molecule has 0 aromatic heterocycles. The topological polar surface area (TPSA) is 44.8 Å². The quantitative estimate of drug-likeness (QED) is 0.280. The summed E-state index contributed by atoms with van der Waals surface area (Å²) in [4.78, 5) is 0. The van der Waals surface area contributed by atoms with E-state index in [-0.39, 0.29) is 0 Å². The van der Waals surface area contributed by atoms with E-state index < -0.39 is 18.8 Å². The number of hydrogen-bond acceptors (Lipinski definition) is 4. The predicted molar refractivity (Wildman–Crippen MR) is 111 cm³/mol. The van der Waals surface area contributed by atoms with Gasteiger partial charge in [0.05, 0.1) is 10.0 Å². The van der Waals surface area contributed by atoms with Crippen LogP contribution >= 0.6 is 30.8 Å². The van der Waals surface area contributed by atoms with Gasteiger partial charge in [-0.2, -0.15) is 0 Å². The molecule has 2 aromatic carbocycles. The molecule has 0 amide bonds. The van der Waals surface area contributed by atoms with Gasteiger partial charge in [-0.3, -0.25) is 4.57 Å². The molecule has 0 heterocycles. The fourth-order valence-corrected chi connectivity index (χ4v) is 5.18. The highest BCUT2D eigenvalue weighted by atomic mass is 35.5. The molecule has 0 aliphatic heterocycles. The molecule has 0 aliphatic carbocycles. The molecule has 2 aromatic rings. The van der Waals surface area contributed by atoms with E-state index in [1.54, 1.807) is 12.1 Å². The van der Waals surface area contributed by atoms with Crippen LogP contribution in [0.2, 0.25) is 10.0 Å². The van der Waals surface area contributed by atoms with E-state index in [4.69, 9.17) is 37.0 Å². The molecule has 0 bridgehead atoms. The molecule has 154 valence electrons. The normalized spacial score (nSPS) is 13.9. The first-order valence-electron chi connectivity index (χ1n) is 8.93. The Bertz CT molecular complexity index is 823. The Labute approximate surface area is 175 Å². The number of ether oxygens (including phenoxy) is 1. The Balaban J connectivity index is 2.64. The molecule has 0 spiro atoms. The van der Waals surface area contributed by atoms with Crippen LogP contribution in [0.5, 0.6) is 5.75 Å². The van der Waals surface area contributed by atoms with Gasteiger partial charge in [-0.1, -0.05) is 55.1 Å². The minimum Gasteiger partial charge on any atom is -0.470 e. The largest absolute Gasteiger partial charge is 0.470 e. The van der Waals surface area contributed by atoms with Crippen molar-refractivity contribution in [1.29, 1.82) is 0 Å². The van der Waals surface area contributed by atoms with Gasteiger partial charge in [-0.05, 0) is 30.7 Å². The molecular formula is C20H24Cl2FO4P. The number of halogens is 3. The maximum Gasteiger partial charge on any atom is 0.377 e. The van der Waals surface area contributed by atoms with Gasteiger partial charge in [0.25, 0.3) is 0 Å². The third-order valence-corrected chi connectivity index (χ3v) is 7.67. The molecule has 0 N–H and O–H groups in total. The molecular weight excluding hydrogens is 425 g/mol. The van der Waals surface area contributed by atoms with Crippen molar-refractivity contribution in [2.75, 3.05) is 14.2 Å². The summed E-state index contributed by atoms with van der Waals surface area (Å²) < 4.78 is 44.2. The maximum absolute atomic E-state index is 13.7. The molecule has 0 fully saturated rings. The zero-order chi connectivity index (χ0) is 20.8. The van der Waals surface area contributed by atoms with Gasteiger partial charge >= 0.3 is 7.60 Å². The highest BCUT2D eigenvalue weighted by Gasteiger charge is 2.54. The molecule has 0 radical (unpaired) electrons. The summed E-state index contributed by atoms with van der Waals surface area (Å²) in [6.45, 7) is 2.06. The average Bonchev–Trinajstić information content (AvgIpc) is 2.70. The lowest BCUT2D eigenvalue weighted by atomic mass is 10.0. The molecule has 28 heavy (non-hydrogen) atoms. The van der Waals surface area contributed by atoms with E-state index in [0.717, 1.165) is 12.8 Å². The average molecular weight is 449 g/mol. The van der Waals surface area contributed by atoms with Crippen molar-refractivity contribution < 1.29 is 22.7 Å². The van der Waals surface area contributed by atoms with E-state index >= 15 is 0 Å². The van der Waals surface area contributed by atoms with Gasteiger partial charge < -0.3 is 13.8 Å². The van der Waals surface area contributed by atoms with Crippen LogP contribution in [0.25, 0.3) is 0 Å². The Kier molecular flexibility index (Phi) is 8.35. The van der Waals surface area contributed by atoms with Crippen molar-refractivity contribution in [2.24, 2.45) is 0 Å². The molecule has 0 saturated heterocycles. The maximum atomic E-state index is 13.7. The van der Waals surface area contributed by atoms with Crippen LogP contribution in [-0.4, -0.2) is 14.2 Å². The van der Waals surface area contributed by atoms with Crippen molar-refractivity contribution in [2.45, 2.75) is 37.9 Å². The van der Waals surface area contributed by atoms with Crippen molar-refractivity contribution in [3.05, 3.63) is 63.9 Å². The van der Waals surface area contributed by atoms with Crippen molar-refractivity contribution >= 4 is 30.8 Å². The Morgan fingerprint density at radius 1 is 1.00 bits per heavy atom. The molecule has 0 saturated carbocycles. The molecule has 1 atom stereocenters. The van der Waals surface area contributed by atoms with Crippen LogP contribution in [0.15, 0.2) is 42.5 Å². The number of unbranched alkanes of at least 4 members (excludes halogenated alkanes) is 2. The summed E-state index contributed by atoms with van der Waals surface area (Å²) >= 11 is 12.1. The second kappa shape index (κ2) is 10.1. The number of benzene rings is 2. The van der Waals surface area contributed by atoms with Crippen LogP contribution in [0, 0.1) is 5.82 Å².